The summed E-state index contributed by atoms with van der Waals surface area (Å²) < 4.78 is 5.41. The van der Waals surface area contributed by atoms with E-state index in [1.165, 1.54) is 23.5 Å². The topological polar surface area (TPSA) is 103 Å². The van der Waals surface area contributed by atoms with E-state index in [1.807, 2.05) is 13.8 Å². The van der Waals surface area contributed by atoms with Crippen molar-refractivity contribution in [3.05, 3.63) is 49.5 Å². The molecule has 110 valence electrons. The molecule has 0 bridgehead atoms. The van der Waals surface area contributed by atoms with Crippen molar-refractivity contribution in [1.29, 1.82) is 0 Å². The monoisotopic (exact) mass is 308 g/mol. The van der Waals surface area contributed by atoms with Gasteiger partial charge in [-0.1, -0.05) is 6.07 Å². The van der Waals surface area contributed by atoms with Gasteiger partial charge in [-0.15, -0.1) is 11.3 Å². The molecule has 1 aromatic carbocycles. The van der Waals surface area contributed by atoms with Crippen LogP contribution < -0.4 is 4.74 Å². The summed E-state index contributed by atoms with van der Waals surface area (Å²) in [6.07, 6.45) is 0. The van der Waals surface area contributed by atoms with E-state index in [2.05, 4.69) is 4.98 Å². The third-order valence-electron chi connectivity index (χ3n) is 2.84. The summed E-state index contributed by atoms with van der Waals surface area (Å²) in [5, 5.41) is 20.7. The lowest BCUT2D eigenvalue weighted by Gasteiger charge is -2.07. The molecule has 2 aromatic rings. The first-order valence-corrected chi connectivity index (χ1v) is 6.78. The number of ether oxygens (including phenoxy) is 1. The fourth-order valence-electron chi connectivity index (χ4n) is 1.75. The number of aromatic nitrogens is 1. The van der Waals surface area contributed by atoms with Gasteiger partial charge in [0.1, 0.15) is 17.4 Å². The number of aromatic carboxylic acids is 1. The van der Waals surface area contributed by atoms with Gasteiger partial charge in [0, 0.05) is 10.9 Å². The molecule has 2 rings (SSSR count). The lowest BCUT2D eigenvalue weighted by Crippen LogP contribution is -2.07. The Bertz CT molecular complexity index is 691. The highest BCUT2D eigenvalue weighted by Gasteiger charge is 2.24. The Morgan fingerprint density at radius 1 is 1.48 bits per heavy atom. The van der Waals surface area contributed by atoms with Crippen LogP contribution in [0.15, 0.2) is 18.2 Å². The summed E-state index contributed by atoms with van der Waals surface area (Å²) in [7, 11) is 0. The van der Waals surface area contributed by atoms with Crippen LogP contribution in [0.2, 0.25) is 0 Å². The first-order chi connectivity index (χ1) is 9.90. The molecule has 0 saturated carbocycles. The summed E-state index contributed by atoms with van der Waals surface area (Å²) in [6, 6.07) is 3.91. The Hall–Kier alpha value is -2.48. The average molecular weight is 308 g/mol. The molecule has 0 fully saturated rings. The highest BCUT2D eigenvalue weighted by atomic mass is 32.1. The van der Waals surface area contributed by atoms with Crippen molar-refractivity contribution >= 4 is 23.0 Å². The molecule has 0 spiro atoms. The van der Waals surface area contributed by atoms with Crippen LogP contribution in [0.1, 0.15) is 25.9 Å². The van der Waals surface area contributed by atoms with Crippen LogP contribution in [0.5, 0.6) is 5.75 Å². The predicted octanol–water partition coefficient (Wildman–Crippen LogP) is 2.95. The second-order valence-corrected chi connectivity index (χ2v) is 5.54. The smallest absolute Gasteiger partial charge is 0.346 e. The van der Waals surface area contributed by atoms with Gasteiger partial charge in [0.05, 0.1) is 10.6 Å². The number of nitro benzene ring substituents is 1. The third-order valence-corrected chi connectivity index (χ3v) is 3.89. The van der Waals surface area contributed by atoms with Crippen molar-refractivity contribution in [2.24, 2.45) is 0 Å². The number of rotatable bonds is 5. The van der Waals surface area contributed by atoms with E-state index in [0.717, 1.165) is 16.6 Å². The number of aryl methyl sites for hydroxylation is 2. The largest absolute Gasteiger partial charge is 0.485 e. The molecule has 7 nitrogen and oxygen atoms in total. The molecule has 0 radical (unpaired) electrons. The Labute approximate surface area is 124 Å². The van der Waals surface area contributed by atoms with Crippen LogP contribution in [0.25, 0.3) is 0 Å². The Morgan fingerprint density at radius 2 is 2.19 bits per heavy atom. The van der Waals surface area contributed by atoms with Gasteiger partial charge in [-0.05, 0) is 19.9 Å². The van der Waals surface area contributed by atoms with Crippen LogP contribution in [0, 0.1) is 24.0 Å². The molecule has 0 atom stereocenters. The van der Waals surface area contributed by atoms with Crippen LogP contribution in [0.3, 0.4) is 0 Å². The minimum Gasteiger partial charge on any atom is -0.485 e. The fourth-order valence-corrected chi connectivity index (χ4v) is 2.59. The first kappa shape index (κ1) is 14.9. The van der Waals surface area contributed by atoms with Gasteiger partial charge < -0.3 is 9.84 Å². The number of carboxylic acid groups (broad SMARTS) is 1. The van der Waals surface area contributed by atoms with Gasteiger partial charge >= 0.3 is 5.97 Å². The molecule has 8 heteroatoms. The van der Waals surface area contributed by atoms with Gasteiger partial charge in [0.25, 0.3) is 5.69 Å². The van der Waals surface area contributed by atoms with E-state index in [-0.39, 0.29) is 12.4 Å². The summed E-state index contributed by atoms with van der Waals surface area (Å²) in [6.45, 7) is 3.86. The molecular weight excluding hydrogens is 296 g/mol. The zero-order chi connectivity index (χ0) is 15.6. The van der Waals surface area contributed by atoms with E-state index < -0.39 is 22.1 Å². The molecular formula is C13H12N2O5S. The molecule has 0 unspecified atom stereocenters. The van der Waals surface area contributed by atoms with Crippen molar-refractivity contribution in [3.63, 3.8) is 0 Å². The zero-order valence-electron chi connectivity index (χ0n) is 11.3. The number of hydrogen-bond donors (Lipinski definition) is 1. The fraction of sp³-hybridized carbons (Fsp3) is 0.231. The maximum Gasteiger partial charge on any atom is 0.346 e. The number of carbonyl (C=O) groups is 1. The highest BCUT2D eigenvalue weighted by Crippen LogP contribution is 2.29. The van der Waals surface area contributed by atoms with Crippen molar-refractivity contribution in [3.8, 4) is 5.75 Å². The number of carboxylic acids is 1. The Balaban J connectivity index is 2.29. The van der Waals surface area contributed by atoms with E-state index in [1.54, 1.807) is 0 Å². The van der Waals surface area contributed by atoms with E-state index in [9.17, 15) is 14.9 Å². The third kappa shape index (κ3) is 3.16. The van der Waals surface area contributed by atoms with E-state index >= 15 is 0 Å². The molecule has 0 aliphatic heterocycles. The number of benzene rings is 1. The molecule has 0 saturated heterocycles. The highest BCUT2D eigenvalue weighted by molar-refractivity contribution is 7.11. The summed E-state index contributed by atoms with van der Waals surface area (Å²) in [5.41, 5.74) is -0.0601. The SMILES string of the molecule is Cc1nc(COc2cccc([N+](=O)[O-])c2C(=O)O)sc1C. The van der Waals surface area contributed by atoms with Gasteiger partial charge in [0.2, 0.25) is 0 Å². The minimum absolute atomic E-state index is 0.0396. The predicted molar refractivity (Wildman–Crippen MR) is 76.0 cm³/mol. The van der Waals surface area contributed by atoms with Crippen molar-refractivity contribution in [1.82, 2.24) is 4.98 Å². The first-order valence-electron chi connectivity index (χ1n) is 5.96. The average Bonchev–Trinajstić information content (AvgIpc) is 2.74. The minimum atomic E-state index is -1.40. The quantitative estimate of drug-likeness (QED) is 0.673. The lowest BCUT2D eigenvalue weighted by molar-refractivity contribution is -0.385. The van der Waals surface area contributed by atoms with Crippen molar-refractivity contribution < 1.29 is 19.6 Å². The molecule has 1 N–H and O–H groups in total. The zero-order valence-corrected chi connectivity index (χ0v) is 12.1. The summed E-state index contributed by atoms with van der Waals surface area (Å²) >= 11 is 1.44. The number of nitro groups is 1. The van der Waals surface area contributed by atoms with E-state index in [0.29, 0.717) is 5.01 Å². The lowest BCUT2D eigenvalue weighted by atomic mass is 10.1. The maximum atomic E-state index is 11.2. The summed E-state index contributed by atoms with van der Waals surface area (Å²) in [5.74, 6) is -1.44. The maximum absolute atomic E-state index is 11.2. The number of nitrogens with zero attached hydrogens (tertiary/aromatic N) is 2. The number of thiazole rings is 1. The van der Waals surface area contributed by atoms with E-state index in [4.69, 9.17) is 9.84 Å². The second kappa shape index (κ2) is 5.88. The van der Waals surface area contributed by atoms with Gasteiger partial charge in [0.15, 0.2) is 5.56 Å². The van der Waals surface area contributed by atoms with Gasteiger partial charge in [-0.3, -0.25) is 10.1 Å². The second-order valence-electron chi connectivity index (χ2n) is 4.25. The molecule has 21 heavy (non-hydrogen) atoms. The van der Waals surface area contributed by atoms with Crippen LogP contribution >= 0.6 is 11.3 Å². The molecule has 0 aliphatic rings. The van der Waals surface area contributed by atoms with Gasteiger partial charge in [-0.25, -0.2) is 9.78 Å². The van der Waals surface area contributed by atoms with Crippen LogP contribution in [-0.2, 0) is 6.61 Å². The Morgan fingerprint density at radius 3 is 2.71 bits per heavy atom. The van der Waals surface area contributed by atoms with Gasteiger partial charge in [-0.2, -0.15) is 0 Å². The van der Waals surface area contributed by atoms with Crippen LogP contribution in [-0.4, -0.2) is 21.0 Å². The molecule has 1 heterocycles. The molecule has 0 aliphatic carbocycles. The molecule has 0 amide bonds. The van der Waals surface area contributed by atoms with Crippen molar-refractivity contribution in [2.75, 3.05) is 0 Å². The normalized spacial score (nSPS) is 10.4. The number of hydrogen-bond acceptors (Lipinski definition) is 6. The van der Waals surface area contributed by atoms with Crippen molar-refractivity contribution in [2.45, 2.75) is 20.5 Å². The standard InChI is InChI=1S/C13H12N2O5S/c1-7-8(2)21-11(14-7)6-20-10-5-3-4-9(15(18)19)12(10)13(16)17/h3-5H,6H2,1-2H3,(H,16,17). The Kier molecular flexibility index (Phi) is 4.18. The summed E-state index contributed by atoms with van der Waals surface area (Å²) in [4.78, 5) is 26.7. The molecule has 1 aromatic heterocycles. The van der Waals surface area contributed by atoms with Crippen LogP contribution in [0.4, 0.5) is 5.69 Å².